The Hall–Kier alpha value is -2.56. The highest BCUT2D eigenvalue weighted by Gasteiger charge is 2.10. The number of nitrogens with two attached hydrogens (primary N) is 1. The Kier molecular flexibility index (Phi) is 3.02. The summed E-state index contributed by atoms with van der Waals surface area (Å²) in [5.41, 5.74) is 9.59. The molecule has 0 spiro atoms. The summed E-state index contributed by atoms with van der Waals surface area (Å²) in [5.74, 6) is 0.628. The number of fused-ring (bicyclic) bond motifs is 1. The second-order valence-electron chi connectivity index (χ2n) is 4.93. The Morgan fingerprint density at radius 3 is 2.65 bits per heavy atom. The van der Waals surface area contributed by atoms with Crippen LogP contribution >= 0.6 is 0 Å². The zero-order valence-corrected chi connectivity index (χ0v) is 11.5. The summed E-state index contributed by atoms with van der Waals surface area (Å²) >= 11 is 0. The lowest BCUT2D eigenvalue weighted by molar-refractivity contribution is 0.853. The van der Waals surface area contributed by atoms with Crippen LogP contribution < -0.4 is 11.1 Å². The molecule has 3 aromatic rings. The Bertz CT molecular complexity index is 730. The Morgan fingerprint density at radius 1 is 1.20 bits per heavy atom. The molecule has 0 saturated heterocycles. The average Bonchev–Trinajstić information content (AvgIpc) is 2.83. The highest BCUT2D eigenvalue weighted by molar-refractivity contribution is 5.50. The van der Waals surface area contributed by atoms with Gasteiger partial charge in [-0.1, -0.05) is 18.2 Å². The van der Waals surface area contributed by atoms with Crippen molar-refractivity contribution < 1.29 is 0 Å². The second kappa shape index (κ2) is 4.85. The number of nitrogen functional groups attached to an aromatic ring is 1. The first kappa shape index (κ1) is 12.5. The Balaban J connectivity index is 1.85. The van der Waals surface area contributed by atoms with Gasteiger partial charge < -0.3 is 11.1 Å². The van der Waals surface area contributed by atoms with E-state index in [1.165, 1.54) is 0 Å². The summed E-state index contributed by atoms with van der Waals surface area (Å²) in [5, 5.41) is 7.74. The standard InChI is InChI=1S/C15H17N5/c1-10-4-3-9-20-14(10)18-15(19-20)17-11(2)12-5-7-13(16)8-6-12/h3-9,11H,16H2,1-2H3,(H,17,19). The Morgan fingerprint density at radius 2 is 1.95 bits per heavy atom. The lowest BCUT2D eigenvalue weighted by Crippen LogP contribution is -2.08. The van der Waals surface area contributed by atoms with E-state index in [0.29, 0.717) is 5.95 Å². The van der Waals surface area contributed by atoms with Crippen LogP contribution in [0.5, 0.6) is 0 Å². The largest absolute Gasteiger partial charge is 0.399 e. The lowest BCUT2D eigenvalue weighted by Gasteiger charge is -2.12. The van der Waals surface area contributed by atoms with Gasteiger partial charge in [0.05, 0.1) is 6.04 Å². The van der Waals surface area contributed by atoms with E-state index in [1.54, 1.807) is 4.52 Å². The van der Waals surface area contributed by atoms with Gasteiger partial charge in [-0.2, -0.15) is 4.98 Å². The van der Waals surface area contributed by atoms with Crippen LogP contribution in [0.25, 0.3) is 5.65 Å². The number of nitrogens with zero attached hydrogens (tertiary/aromatic N) is 3. The topological polar surface area (TPSA) is 68.2 Å². The maximum Gasteiger partial charge on any atom is 0.243 e. The molecule has 3 rings (SSSR count). The molecule has 0 bridgehead atoms. The number of hydrogen-bond donors (Lipinski definition) is 2. The molecular weight excluding hydrogens is 250 g/mol. The molecule has 1 unspecified atom stereocenters. The van der Waals surface area contributed by atoms with Gasteiger partial charge in [0.25, 0.3) is 0 Å². The fraction of sp³-hybridized carbons (Fsp3) is 0.200. The van der Waals surface area contributed by atoms with Crippen molar-refractivity contribution in [1.29, 1.82) is 0 Å². The fourth-order valence-electron chi connectivity index (χ4n) is 2.16. The normalized spacial score (nSPS) is 12.5. The van der Waals surface area contributed by atoms with Gasteiger partial charge in [0.1, 0.15) is 0 Å². The molecule has 0 amide bonds. The molecule has 0 radical (unpaired) electrons. The highest BCUT2D eigenvalue weighted by atomic mass is 15.3. The van der Waals surface area contributed by atoms with Crippen LogP contribution in [-0.2, 0) is 0 Å². The van der Waals surface area contributed by atoms with Crippen molar-refractivity contribution in [2.75, 3.05) is 11.1 Å². The van der Waals surface area contributed by atoms with Crippen molar-refractivity contribution >= 4 is 17.3 Å². The van der Waals surface area contributed by atoms with Crippen molar-refractivity contribution in [3.63, 3.8) is 0 Å². The number of hydrogen-bond acceptors (Lipinski definition) is 4. The van der Waals surface area contributed by atoms with Gasteiger partial charge in [0.15, 0.2) is 5.65 Å². The maximum absolute atomic E-state index is 5.70. The fourth-order valence-corrected chi connectivity index (χ4v) is 2.16. The molecule has 5 nitrogen and oxygen atoms in total. The first-order valence-electron chi connectivity index (χ1n) is 6.57. The smallest absolute Gasteiger partial charge is 0.243 e. The van der Waals surface area contributed by atoms with Crippen LogP contribution in [0.3, 0.4) is 0 Å². The zero-order chi connectivity index (χ0) is 14.1. The van der Waals surface area contributed by atoms with Gasteiger partial charge in [-0.3, -0.25) is 0 Å². The summed E-state index contributed by atoms with van der Waals surface area (Å²) in [6.45, 7) is 4.10. The van der Waals surface area contributed by atoms with Crippen molar-refractivity contribution in [3.8, 4) is 0 Å². The minimum atomic E-state index is 0.119. The third-order valence-corrected chi connectivity index (χ3v) is 3.34. The van der Waals surface area contributed by atoms with E-state index in [1.807, 2.05) is 49.5 Å². The monoisotopic (exact) mass is 267 g/mol. The average molecular weight is 267 g/mol. The van der Waals surface area contributed by atoms with Crippen molar-refractivity contribution in [1.82, 2.24) is 14.6 Å². The molecule has 0 saturated carbocycles. The van der Waals surface area contributed by atoms with Gasteiger partial charge >= 0.3 is 0 Å². The van der Waals surface area contributed by atoms with Crippen LogP contribution in [-0.4, -0.2) is 14.6 Å². The third-order valence-electron chi connectivity index (χ3n) is 3.34. The number of anilines is 2. The van der Waals surface area contributed by atoms with Crippen molar-refractivity contribution in [3.05, 3.63) is 53.7 Å². The van der Waals surface area contributed by atoms with Crippen molar-refractivity contribution in [2.24, 2.45) is 0 Å². The third kappa shape index (κ3) is 2.30. The van der Waals surface area contributed by atoms with Crippen molar-refractivity contribution in [2.45, 2.75) is 19.9 Å². The predicted molar refractivity (Wildman–Crippen MR) is 80.6 cm³/mol. The molecule has 0 aliphatic heterocycles. The summed E-state index contributed by atoms with van der Waals surface area (Å²) in [6.07, 6.45) is 1.90. The van der Waals surface area contributed by atoms with Crippen LogP contribution in [0.2, 0.25) is 0 Å². The molecule has 1 aromatic carbocycles. The molecule has 20 heavy (non-hydrogen) atoms. The molecule has 5 heteroatoms. The molecule has 0 aliphatic carbocycles. The summed E-state index contributed by atoms with van der Waals surface area (Å²) in [6, 6.07) is 11.9. The van der Waals surface area contributed by atoms with E-state index in [9.17, 15) is 0 Å². The quantitative estimate of drug-likeness (QED) is 0.716. The van der Waals surface area contributed by atoms with E-state index in [2.05, 4.69) is 22.3 Å². The first-order valence-corrected chi connectivity index (χ1v) is 6.57. The molecule has 0 aliphatic rings. The van der Waals surface area contributed by atoms with Gasteiger partial charge in [-0.15, -0.1) is 5.10 Å². The second-order valence-corrected chi connectivity index (χ2v) is 4.93. The number of pyridine rings is 1. The minimum Gasteiger partial charge on any atom is -0.399 e. The Labute approximate surface area is 117 Å². The summed E-state index contributed by atoms with van der Waals surface area (Å²) in [7, 11) is 0. The molecular formula is C15H17N5. The molecule has 1 atom stereocenters. The number of nitrogens with one attached hydrogen (secondary N) is 1. The number of rotatable bonds is 3. The number of aryl methyl sites for hydroxylation is 1. The van der Waals surface area contributed by atoms with Crippen LogP contribution in [0.1, 0.15) is 24.1 Å². The van der Waals surface area contributed by atoms with E-state index in [-0.39, 0.29) is 6.04 Å². The van der Waals surface area contributed by atoms with E-state index < -0.39 is 0 Å². The zero-order valence-electron chi connectivity index (χ0n) is 11.5. The van der Waals surface area contributed by atoms with Gasteiger partial charge in [-0.05, 0) is 43.2 Å². The minimum absolute atomic E-state index is 0.119. The predicted octanol–water partition coefficient (Wildman–Crippen LogP) is 2.79. The highest BCUT2D eigenvalue weighted by Crippen LogP contribution is 2.19. The molecule has 2 aromatic heterocycles. The summed E-state index contributed by atoms with van der Waals surface area (Å²) < 4.78 is 1.79. The first-order chi connectivity index (χ1) is 9.63. The van der Waals surface area contributed by atoms with Crippen LogP contribution in [0, 0.1) is 6.92 Å². The number of aromatic nitrogens is 3. The lowest BCUT2D eigenvalue weighted by atomic mass is 10.1. The van der Waals surface area contributed by atoms with E-state index in [4.69, 9.17) is 5.73 Å². The molecule has 2 heterocycles. The van der Waals surface area contributed by atoms with Crippen LogP contribution in [0.15, 0.2) is 42.6 Å². The van der Waals surface area contributed by atoms with E-state index in [0.717, 1.165) is 22.5 Å². The maximum atomic E-state index is 5.70. The summed E-state index contributed by atoms with van der Waals surface area (Å²) in [4.78, 5) is 4.51. The van der Waals surface area contributed by atoms with E-state index >= 15 is 0 Å². The molecule has 102 valence electrons. The van der Waals surface area contributed by atoms with Crippen LogP contribution in [0.4, 0.5) is 11.6 Å². The van der Waals surface area contributed by atoms with Gasteiger partial charge in [0, 0.05) is 11.9 Å². The SMILES string of the molecule is Cc1cccn2nc(NC(C)c3ccc(N)cc3)nc12. The molecule has 3 N–H and O–H groups in total. The number of benzene rings is 1. The van der Waals surface area contributed by atoms with Gasteiger partial charge in [-0.25, -0.2) is 4.52 Å². The molecule has 0 fully saturated rings. The van der Waals surface area contributed by atoms with Gasteiger partial charge in [0.2, 0.25) is 5.95 Å².